The lowest BCUT2D eigenvalue weighted by atomic mass is 10.0. The number of rotatable bonds is 22. The molecule has 0 atom stereocenters. The SMILES string of the molecule is CNCCCCCCCCCc1ccc(/C=C/c2ccc(OCCCCCCCC[N+](C)(C)C)cc2)cc1. The van der Waals surface area contributed by atoms with Crippen molar-refractivity contribution in [2.24, 2.45) is 0 Å². The van der Waals surface area contributed by atoms with Crippen molar-refractivity contribution in [1.29, 1.82) is 0 Å². The molecule has 2 aromatic carbocycles. The molecule has 0 saturated carbocycles. The van der Waals surface area contributed by atoms with Crippen LogP contribution in [0.2, 0.25) is 0 Å². The highest BCUT2D eigenvalue weighted by atomic mass is 16.5. The largest absolute Gasteiger partial charge is 0.494 e. The Kier molecular flexibility index (Phi) is 16.8. The van der Waals surface area contributed by atoms with Gasteiger partial charge in [0.2, 0.25) is 0 Å². The van der Waals surface area contributed by atoms with Gasteiger partial charge in [-0.1, -0.05) is 99.9 Å². The fourth-order valence-corrected chi connectivity index (χ4v) is 4.76. The van der Waals surface area contributed by atoms with Gasteiger partial charge in [-0.15, -0.1) is 0 Å². The zero-order chi connectivity index (χ0) is 27.3. The van der Waals surface area contributed by atoms with Crippen LogP contribution in [0.25, 0.3) is 12.2 Å². The predicted molar refractivity (Wildman–Crippen MR) is 168 cm³/mol. The third-order valence-corrected chi connectivity index (χ3v) is 7.21. The third kappa shape index (κ3) is 16.7. The maximum absolute atomic E-state index is 5.95. The lowest BCUT2D eigenvalue weighted by Crippen LogP contribution is -2.35. The summed E-state index contributed by atoms with van der Waals surface area (Å²) in [7, 11) is 8.86. The standard InChI is InChI=1S/C35H57N2O/c1-36-29-15-11-7-5-6-10-14-18-32-19-21-33(22-20-32)23-24-34-25-27-35(28-26-34)38-31-17-13-9-8-12-16-30-37(2,3)4/h19-28,36H,5-18,29-31H2,1-4H3/q+1/b24-23+. The van der Waals surface area contributed by atoms with Gasteiger partial charge < -0.3 is 14.5 Å². The number of aryl methyl sites for hydroxylation is 1. The average Bonchev–Trinajstić information content (AvgIpc) is 2.91. The summed E-state index contributed by atoms with van der Waals surface area (Å²) in [5.41, 5.74) is 3.92. The first-order valence-corrected chi connectivity index (χ1v) is 15.4. The lowest BCUT2D eigenvalue weighted by Gasteiger charge is -2.23. The van der Waals surface area contributed by atoms with E-state index in [0.29, 0.717) is 0 Å². The average molecular weight is 522 g/mol. The minimum atomic E-state index is 0.817. The fourth-order valence-electron chi connectivity index (χ4n) is 4.76. The molecule has 38 heavy (non-hydrogen) atoms. The van der Waals surface area contributed by atoms with Crippen LogP contribution in [0, 0.1) is 0 Å². The van der Waals surface area contributed by atoms with Gasteiger partial charge in [-0.05, 0) is 80.9 Å². The Morgan fingerprint density at radius 1 is 0.605 bits per heavy atom. The number of hydrogen-bond donors (Lipinski definition) is 1. The molecule has 0 fully saturated rings. The summed E-state index contributed by atoms with van der Waals surface area (Å²) >= 11 is 0. The van der Waals surface area contributed by atoms with E-state index in [4.69, 9.17) is 4.74 Å². The molecule has 0 heterocycles. The van der Waals surface area contributed by atoms with Crippen molar-refractivity contribution in [2.75, 3.05) is 47.9 Å². The van der Waals surface area contributed by atoms with Gasteiger partial charge in [-0.3, -0.25) is 0 Å². The highest BCUT2D eigenvalue weighted by Gasteiger charge is 2.05. The van der Waals surface area contributed by atoms with E-state index in [1.807, 2.05) is 7.05 Å². The number of unbranched alkanes of at least 4 members (excludes halogenated alkanes) is 11. The Bertz CT molecular complexity index is 849. The van der Waals surface area contributed by atoms with Crippen LogP contribution in [0.5, 0.6) is 5.75 Å². The highest BCUT2D eigenvalue weighted by Crippen LogP contribution is 2.17. The van der Waals surface area contributed by atoms with Crippen molar-refractivity contribution in [3.8, 4) is 5.75 Å². The first-order chi connectivity index (χ1) is 18.5. The first-order valence-electron chi connectivity index (χ1n) is 15.4. The van der Waals surface area contributed by atoms with Gasteiger partial charge in [0.15, 0.2) is 0 Å². The van der Waals surface area contributed by atoms with Crippen LogP contribution < -0.4 is 10.1 Å². The van der Waals surface area contributed by atoms with Crippen molar-refractivity contribution in [3.05, 3.63) is 65.2 Å². The quantitative estimate of drug-likeness (QED) is 0.0949. The van der Waals surface area contributed by atoms with E-state index in [1.165, 1.54) is 107 Å². The summed E-state index contributed by atoms with van der Waals surface area (Å²) in [5, 5.41) is 3.23. The molecule has 0 spiro atoms. The monoisotopic (exact) mass is 521 g/mol. The van der Waals surface area contributed by atoms with Crippen LogP contribution in [-0.4, -0.2) is 52.4 Å². The highest BCUT2D eigenvalue weighted by molar-refractivity contribution is 5.69. The maximum Gasteiger partial charge on any atom is 0.119 e. The minimum absolute atomic E-state index is 0.817. The number of nitrogens with zero attached hydrogens (tertiary/aromatic N) is 1. The van der Waals surface area contributed by atoms with Crippen molar-refractivity contribution >= 4 is 12.2 Å². The van der Waals surface area contributed by atoms with E-state index in [-0.39, 0.29) is 0 Å². The topological polar surface area (TPSA) is 21.3 Å². The Morgan fingerprint density at radius 3 is 1.68 bits per heavy atom. The molecule has 2 rings (SSSR count). The second kappa shape index (κ2) is 19.9. The molecule has 0 aliphatic carbocycles. The zero-order valence-corrected chi connectivity index (χ0v) is 25.1. The molecule has 0 aromatic heterocycles. The van der Waals surface area contributed by atoms with Gasteiger partial charge in [0.05, 0.1) is 34.3 Å². The zero-order valence-electron chi connectivity index (χ0n) is 25.1. The fraction of sp³-hybridized carbons (Fsp3) is 0.600. The molecular formula is C35H57N2O+. The van der Waals surface area contributed by atoms with Gasteiger partial charge in [-0.25, -0.2) is 0 Å². The van der Waals surface area contributed by atoms with Crippen molar-refractivity contribution in [3.63, 3.8) is 0 Å². The molecule has 0 aliphatic rings. The molecule has 0 radical (unpaired) electrons. The molecule has 212 valence electrons. The second-order valence-corrected chi connectivity index (χ2v) is 12.0. The van der Waals surface area contributed by atoms with Crippen molar-refractivity contribution in [1.82, 2.24) is 5.32 Å². The molecule has 1 N–H and O–H groups in total. The molecule has 2 aromatic rings. The third-order valence-electron chi connectivity index (χ3n) is 7.21. The lowest BCUT2D eigenvalue weighted by molar-refractivity contribution is -0.870. The van der Waals surface area contributed by atoms with Crippen LogP contribution in [0.3, 0.4) is 0 Å². The van der Waals surface area contributed by atoms with Crippen LogP contribution >= 0.6 is 0 Å². The van der Waals surface area contributed by atoms with Crippen molar-refractivity contribution in [2.45, 2.75) is 89.9 Å². The molecule has 0 bridgehead atoms. The number of hydrogen-bond acceptors (Lipinski definition) is 2. The molecule has 0 aliphatic heterocycles. The number of nitrogens with one attached hydrogen (secondary N) is 1. The number of ether oxygens (including phenoxy) is 1. The van der Waals surface area contributed by atoms with Crippen LogP contribution in [0.15, 0.2) is 48.5 Å². The van der Waals surface area contributed by atoms with E-state index >= 15 is 0 Å². The van der Waals surface area contributed by atoms with E-state index in [0.717, 1.165) is 29.8 Å². The van der Waals surface area contributed by atoms with Crippen LogP contribution in [0.4, 0.5) is 0 Å². The predicted octanol–water partition coefficient (Wildman–Crippen LogP) is 8.78. The Morgan fingerprint density at radius 2 is 1.11 bits per heavy atom. The Hall–Kier alpha value is -2.10. The van der Waals surface area contributed by atoms with E-state index in [9.17, 15) is 0 Å². The van der Waals surface area contributed by atoms with Crippen molar-refractivity contribution < 1.29 is 9.22 Å². The Labute approximate surface area is 235 Å². The van der Waals surface area contributed by atoms with E-state index < -0.39 is 0 Å². The van der Waals surface area contributed by atoms with Gasteiger partial charge in [0.1, 0.15) is 5.75 Å². The minimum Gasteiger partial charge on any atom is -0.494 e. The molecule has 0 amide bonds. The van der Waals surface area contributed by atoms with Gasteiger partial charge in [0.25, 0.3) is 0 Å². The normalized spacial score (nSPS) is 11.9. The second-order valence-electron chi connectivity index (χ2n) is 12.0. The van der Waals surface area contributed by atoms with E-state index in [2.05, 4.69) is 87.1 Å². The van der Waals surface area contributed by atoms with E-state index in [1.54, 1.807) is 0 Å². The summed E-state index contributed by atoms with van der Waals surface area (Å²) in [6.07, 6.45) is 22.8. The molecule has 0 unspecified atom stereocenters. The smallest absolute Gasteiger partial charge is 0.119 e. The maximum atomic E-state index is 5.95. The molecule has 3 heteroatoms. The van der Waals surface area contributed by atoms with Gasteiger partial charge in [0, 0.05) is 0 Å². The number of benzene rings is 2. The number of quaternary nitrogens is 1. The summed E-state index contributed by atoms with van der Waals surface area (Å²) in [4.78, 5) is 0. The first kappa shape index (κ1) is 32.1. The van der Waals surface area contributed by atoms with Gasteiger partial charge >= 0.3 is 0 Å². The summed E-state index contributed by atoms with van der Waals surface area (Å²) in [6, 6.07) is 17.6. The molecule has 3 nitrogen and oxygen atoms in total. The molecular weight excluding hydrogens is 464 g/mol. The Balaban J connectivity index is 1.55. The summed E-state index contributed by atoms with van der Waals surface area (Å²) in [5.74, 6) is 0.975. The summed E-state index contributed by atoms with van der Waals surface area (Å²) in [6.45, 7) is 3.25. The summed E-state index contributed by atoms with van der Waals surface area (Å²) < 4.78 is 7.03. The van der Waals surface area contributed by atoms with Crippen LogP contribution in [-0.2, 0) is 6.42 Å². The molecule has 0 saturated heterocycles. The van der Waals surface area contributed by atoms with Gasteiger partial charge in [-0.2, -0.15) is 0 Å². The van der Waals surface area contributed by atoms with Crippen LogP contribution in [0.1, 0.15) is 100 Å².